The molecule has 34 heavy (non-hydrogen) atoms. The van der Waals surface area contributed by atoms with Crippen LogP contribution in [-0.2, 0) is 19.4 Å². The largest absolute Gasteiger partial charge is 0.493 e. The molecule has 2 aliphatic carbocycles. The van der Waals surface area contributed by atoms with Gasteiger partial charge in [0.05, 0.1) is 21.3 Å². The lowest BCUT2D eigenvalue weighted by Gasteiger charge is -2.39. The lowest BCUT2D eigenvalue weighted by Crippen LogP contribution is -2.41. The molecule has 0 fully saturated rings. The highest BCUT2D eigenvalue weighted by atomic mass is 16.5. The first kappa shape index (κ1) is 22.5. The average molecular weight is 458 g/mol. The molecular formula is C29H31NO4. The van der Waals surface area contributed by atoms with Crippen molar-refractivity contribution in [1.82, 2.24) is 4.90 Å². The Morgan fingerprint density at radius 2 is 1.53 bits per heavy atom. The Balaban J connectivity index is 1.54. The predicted molar refractivity (Wildman–Crippen MR) is 132 cm³/mol. The van der Waals surface area contributed by atoms with Crippen LogP contribution in [0.3, 0.4) is 0 Å². The van der Waals surface area contributed by atoms with Crippen LogP contribution in [0.1, 0.15) is 51.5 Å². The fraction of sp³-hybridized carbons (Fsp3) is 0.345. The maximum Gasteiger partial charge on any atom is 0.203 e. The lowest BCUT2D eigenvalue weighted by molar-refractivity contribution is 0.0862. The molecule has 0 radical (unpaired) electrons. The van der Waals surface area contributed by atoms with Gasteiger partial charge in [-0.25, -0.2) is 0 Å². The van der Waals surface area contributed by atoms with E-state index in [-0.39, 0.29) is 11.8 Å². The van der Waals surface area contributed by atoms with E-state index in [4.69, 9.17) is 14.2 Å². The number of nitrogens with zero attached hydrogens (tertiary/aromatic N) is 1. The molecule has 2 atom stereocenters. The molecule has 3 aromatic carbocycles. The quantitative estimate of drug-likeness (QED) is 0.475. The number of fused-ring (bicyclic) bond motifs is 2. The molecule has 0 spiro atoms. The van der Waals surface area contributed by atoms with E-state index in [0.29, 0.717) is 36.3 Å². The van der Waals surface area contributed by atoms with Crippen LogP contribution in [0.15, 0.2) is 60.7 Å². The second-order valence-corrected chi connectivity index (χ2v) is 9.10. The third-order valence-electron chi connectivity index (χ3n) is 7.28. The summed E-state index contributed by atoms with van der Waals surface area (Å²) in [4.78, 5) is 15.4. The Labute approximate surface area is 201 Å². The van der Waals surface area contributed by atoms with Crippen molar-refractivity contribution in [3.63, 3.8) is 0 Å². The van der Waals surface area contributed by atoms with Gasteiger partial charge in [0.25, 0.3) is 0 Å². The summed E-state index contributed by atoms with van der Waals surface area (Å²) in [6, 6.07) is 21.2. The van der Waals surface area contributed by atoms with Crippen molar-refractivity contribution in [2.24, 2.45) is 0 Å². The molecule has 176 valence electrons. The molecule has 3 aromatic rings. The Kier molecular flexibility index (Phi) is 6.29. The van der Waals surface area contributed by atoms with Crippen molar-refractivity contribution in [2.75, 3.05) is 21.3 Å². The number of hydrogen-bond acceptors (Lipinski definition) is 5. The van der Waals surface area contributed by atoms with Gasteiger partial charge in [-0.1, -0.05) is 48.5 Å². The number of hydrogen-bond donors (Lipinski definition) is 0. The lowest BCUT2D eigenvalue weighted by atomic mass is 9.86. The molecule has 0 aromatic heterocycles. The van der Waals surface area contributed by atoms with Crippen LogP contribution in [0.25, 0.3) is 0 Å². The minimum Gasteiger partial charge on any atom is -0.493 e. The predicted octanol–water partition coefficient (Wildman–Crippen LogP) is 5.40. The summed E-state index contributed by atoms with van der Waals surface area (Å²) in [6.45, 7) is 0.690. The van der Waals surface area contributed by atoms with Crippen LogP contribution in [0.2, 0.25) is 0 Å². The number of methoxy groups -OCH3 is 3. The summed E-state index contributed by atoms with van der Waals surface area (Å²) >= 11 is 0. The highest BCUT2D eigenvalue weighted by Crippen LogP contribution is 2.42. The standard InChI is InChI=1S/C29H31NO4/c1-32-27-14-19(15-28(33-2)29(27)34-3)18-30(22-13-12-20-8-4-5-9-21(20)16-22)25-17-26(31)24-11-7-6-10-23(24)25/h4-11,14-15,22,25H,12-13,16-18H2,1-3H3. The zero-order chi connectivity index (χ0) is 23.7. The van der Waals surface area contributed by atoms with E-state index >= 15 is 0 Å². The molecule has 2 unspecified atom stereocenters. The molecule has 5 heteroatoms. The number of carbonyl (C=O) groups excluding carboxylic acids is 1. The second kappa shape index (κ2) is 9.51. The molecule has 5 rings (SSSR count). The third kappa shape index (κ3) is 4.05. The Morgan fingerprint density at radius 1 is 0.853 bits per heavy atom. The van der Waals surface area contributed by atoms with Gasteiger partial charge in [0.1, 0.15) is 0 Å². The van der Waals surface area contributed by atoms with E-state index in [1.165, 1.54) is 11.1 Å². The van der Waals surface area contributed by atoms with Crippen LogP contribution in [0, 0.1) is 0 Å². The van der Waals surface area contributed by atoms with Gasteiger partial charge in [0.15, 0.2) is 17.3 Å². The molecule has 5 nitrogen and oxygen atoms in total. The van der Waals surface area contributed by atoms with Gasteiger partial charge in [-0.2, -0.15) is 0 Å². The summed E-state index contributed by atoms with van der Waals surface area (Å²) in [6.07, 6.45) is 3.61. The van der Waals surface area contributed by atoms with Crippen molar-refractivity contribution in [3.8, 4) is 17.2 Å². The van der Waals surface area contributed by atoms with E-state index in [1.807, 2.05) is 30.3 Å². The third-order valence-corrected chi connectivity index (χ3v) is 7.28. The Morgan fingerprint density at radius 3 is 2.24 bits per heavy atom. The van der Waals surface area contributed by atoms with Gasteiger partial charge < -0.3 is 14.2 Å². The molecule has 0 heterocycles. The minimum absolute atomic E-state index is 0.0538. The average Bonchev–Trinajstić information content (AvgIpc) is 3.22. The fourth-order valence-corrected chi connectivity index (χ4v) is 5.63. The molecular weight excluding hydrogens is 426 g/mol. The van der Waals surface area contributed by atoms with Crippen molar-refractivity contribution < 1.29 is 19.0 Å². The number of Topliss-reactive ketones (excluding diaryl/α,β-unsaturated/α-hetero) is 1. The molecule has 0 bridgehead atoms. The summed E-state index contributed by atoms with van der Waals surface area (Å²) in [5.41, 5.74) is 5.92. The van der Waals surface area contributed by atoms with Crippen molar-refractivity contribution in [1.29, 1.82) is 0 Å². The Bertz CT molecular complexity index is 1180. The number of ketones is 1. The first-order valence-electron chi connectivity index (χ1n) is 11.9. The maximum atomic E-state index is 12.9. The minimum atomic E-state index is 0.0538. The molecule has 0 N–H and O–H groups in total. The molecule has 0 aliphatic heterocycles. The molecule has 0 saturated carbocycles. The van der Waals surface area contributed by atoms with Gasteiger partial charge in [0, 0.05) is 30.6 Å². The molecule has 0 saturated heterocycles. The zero-order valence-electron chi connectivity index (χ0n) is 20.0. The molecule has 0 amide bonds. The highest BCUT2D eigenvalue weighted by Gasteiger charge is 2.37. The van der Waals surface area contributed by atoms with Crippen LogP contribution < -0.4 is 14.2 Å². The van der Waals surface area contributed by atoms with Gasteiger partial charge in [0.2, 0.25) is 5.75 Å². The van der Waals surface area contributed by atoms with Gasteiger partial charge in [-0.3, -0.25) is 9.69 Å². The van der Waals surface area contributed by atoms with Gasteiger partial charge >= 0.3 is 0 Å². The van der Waals surface area contributed by atoms with Crippen molar-refractivity contribution >= 4 is 5.78 Å². The Hall–Kier alpha value is -3.31. The van der Waals surface area contributed by atoms with Crippen LogP contribution in [0.5, 0.6) is 17.2 Å². The summed E-state index contributed by atoms with van der Waals surface area (Å²) in [7, 11) is 4.90. The number of benzene rings is 3. The van der Waals surface area contributed by atoms with Crippen molar-refractivity contribution in [2.45, 2.75) is 44.3 Å². The first-order chi connectivity index (χ1) is 16.6. The van der Waals surface area contributed by atoms with Crippen LogP contribution >= 0.6 is 0 Å². The van der Waals surface area contributed by atoms with E-state index in [2.05, 4.69) is 35.2 Å². The first-order valence-corrected chi connectivity index (χ1v) is 11.9. The highest BCUT2D eigenvalue weighted by molar-refractivity contribution is 6.01. The number of rotatable bonds is 7. The maximum absolute atomic E-state index is 12.9. The number of ether oxygens (including phenoxy) is 3. The number of aryl methyl sites for hydroxylation is 1. The van der Waals surface area contributed by atoms with E-state index in [0.717, 1.165) is 36.0 Å². The van der Waals surface area contributed by atoms with Crippen molar-refractivity contribution in [3.05, 3.63) is 88.5 Å². The molecule has 2 aliphatic rings. The van der Waals surface area contributed by atoms with Gasteiger partial charge in [-0.05, 0) is 53.6 Å². The van der Waals surface area contributed by atoms with E-state index in [1.54, 1.807) is 21.3 Å². The fourth-order valence-electron chi connectivity index (χ4n) is 5.63. The van der Waals surface area contributed by atoms with Gasteiger partial charge in [-0.15, -0.1) is 0 Å². The van der Waals surface area contributed by atoms with E-state index < -0.39 is 0 Å². The van der Waals surface area contributed by atoms with Crippen LogP contribution in [-0.4, -0.2) is 38.1 Å². The number of carbonyl (C=O) groups is 1. The van der Waals surface area contributed by atoms with Crippen LogP contribution in [0.4, 0.5) is 0 Å². The monoisotopic (exact) mass is 457 g/mol. The summed E-state index contributed by atoms with van der Waals surface area (Å²) in [5.74, 6) is 2.11. The summed E-state index contributed by atoms with van der Waals surface area (Å²) in [5, 5.41) is 0. The normalized spacial score (nSPS) is 19.0. The second-order valence-electron chi connectivity index (χ2n) is 9.10. The topological polar surface area (TPSA) is 48.0 Å². The van der Waals surface area contributed by atoms with E-state index in [9.17, 15) is 4.79 Å². The SMILES string of the molecule is COc1cc(CN(C2CCc3ccccc3C2)C2CC(=O)c3ccccc32)cc(OC)c1OC. The smallest absolute Gasteiger partial charge is 0.203 e. The zero-order valence-corrected chi connectivity index (χ0v) is 20.0. The summed E-state index contributed by atoms with van der Waals surface area (Å²) < 4.78 is 16.8.